The van der Waals surface area contributed by atoms with Gasteiger partial charge >= 0.3 is 6.09 Å². The van der Waals surface area contributed by atoms with Gasteiger partial charge in [0.2, 0.25) is 5.13 Å². The molecule has 0 spiro atoms. The van der Waals surface area contributed by atoms with Crippen molar-refractivity contribution in [1.29, 1.82) is 0 Å². The van der Waals surface area contributed by atoms with E-state index < -0.39 is 11.7 Å². The zero-order valence-corrected chi connectivity index (χ0v) is 10.3. The lowest BCUT2D eigenvalue weighted by atomic mass is 10.2. The van der Waals surface area contributed by atoms with Crippen LogP contribution in [0.4, 0.5) is 9.93 Å². The molecule has 0 N–H and O–H groups in total. The molecule has 0 unspecified atom stereocenters. The van der Waals surface area contributed by atoms with Crippen molar-refractivity contribution in [3.8, 4) is 0 Å². The summed E-state index contributed by atoms with van der Waals surface area (Å²) in [5, 5.41) is 7.56. The molecule has 0 saturated heterocycles. The maximum Gasteiger partial charge on any atom is 0.417 e. The monoisotopic (exact) mass is 242 g/mol. The van der Waals surface area contributed by atoms with Crippen LogP contribution in [0.5, 0.6) is 0 Å². The van der Waals surface area contributed by atoms with E-state index in [0.29, 0.717) is 11.7 Å². The molecule has 0 aromatic carbocycles. The molecule has 1 amide bonds. The van der Waals surface area contributed by atoms with Crippen LogP contribution in [-0.4, -0.2) is 33.0 Å². The maximum absolute atomic E-state index is 11.8. The molecule has 88 valence electrons. The number of carbonyl (C=O) groups excluding carboxylic acids is 1. The first kappa shape index (κ1) is 12.6. The predicted molar refractivity (Wildman–Crippen MR) is 61.5 cm³/mol. The molecule has 1 heterocycles. The topological polar surface area (TPSA) is 68.2 Å². The van der Waals surface area contributed by atoms with Gasteiger partial charge in [0.05, 0.1) is 0 Å². The molecule has 7 heteroatoms. The molecular formula is C9H14N4O2S. The van der Waals surface area contributed by atoms with Gasteiger partial charge in [0.1, 0.15) is 5.60 Å². The van der Waals surface area contributed by atoms with Crippen molar-refractivity contribution in [2.45, 2.75) is 26.4 Å². The fourth-order valence-corrected chi connectivity index (χ4v) is 1.38. The summed E-state index contributed by atoms with van der Waals surface area (Å²) in [6.45, 7) is 9.29. The third-order valence-corrected chi connectivity index (χ3v) is 2.07. The second-order valence-electron chi connectivity index (χ2n) is 4.02. The Balaban J connectivity index is 2.78. The Hall–Kier alpha value is -1.50. The fourth-order valence-electron chi connectivity index (χ4n) is 0.910. The zero-order valence-electron chi connectivity index (χ0n) is 9.51. The molecular weight excluding hydrogens is 228 g/mol. The Bertz CT molecular complexity index is 358. The molecule has 6 nitrogen and oxygen atoms in total. The summed E-state index contributed by atoms with van der Waals surface area (Å²) < 4.78 is 8.83. The van der Waals surface area contributed by atoms with Crippen LogP contribution in [0.15, 0.2) is 12.7 Å². The standard InChI is InChI=1S/C9H14N4O2S/c1-5-6-13(7-10-11-12-16-7)8(14)15-9(2,3)4/h5H,1,6H2,2-4H3. The molecule has 1 aromatic rings. The second-order valence-corrected chi connectivity index (χ2v) is 4.74. The van der Waals surface area contributed by atoms with Gasteiger partial charge in [-0.25, -0.2) is 9.69 Å². The summed E-state index contributed by atoms with van der Waals surface area (Å²) in [6, 6.07) is 0. The molecule has 16 heavy (non-hydrogen) atoms. The van der Waals surface area contributed by atoms with Crippen LogP contribution in [0.25, 0.3) is 0 Å². The van der Waals surface area contributed by atoms with Crippen molar-refractivity contribution >= 4 is 22.8 Å². The maximum atomic E-state index is 11.8. The van der Waals surface area contributed by atoms with E-state index in [0.717, 1.165) is 11.5 Å². The van der Waals surface area contributed by atoms with Crippen LogP contribution in [0.1, 0.15) is 20.8 Å². The van der Waals surface area contributed by atoms with Gasteiger partial charge < -0.3 is 4.74 Å². The smallest absolute Gasteiger partial charge is 0.417 e. The van der Waals surface area contributed by atoms with Crippen LogP contribution in [0, 0.1) is 0 Å². The lowest BCUT2D eigenvalue weighted by Crippen LogP contribution is -2.37. The third kappa shape index (κ3) is 3.58. The molecule has 0 aliphatic heterocycles. The summed E-state index contributed by atoms with van der Waals surface area (Å²) in [5.41, 5.74) is -0.547. The van der Waals surface area contributed by atoms with Crippen molar-refractivity contribution < 1.29 is 9.53 Å². The quantitative estimate of drug-likeness (QED) is 0.757. The van der Waals surface area contributed by atoms with Crippen molar-refractivity contribution in [1.82, 2.24) is 14.8 Å². The molecule has 0 saturated carbocycles. The van der Waals surface area contributed by atoms with Gasteiger partial charge in [0.15, 0.2) is 0 Å². The molecule has 0 fully saturated rings. The van der Waals surface area contributed by atoms with E-state index in [1.807, 2.05) is 0 Å². The highest BCUT2D eigenvalue weighted by Crippen LogP contribution is 2.17. The van der Waals surface area contributed by atoms with E-state index in [4.69, 9.17) is 4.74 Å². The van der Waals surface area contributed by atoms with E-state index in [-0.39, 0.29) is 0 Å². The van der Waals surface area contributed by atoms with Crippen LogP contribution in [0.3, 0.4) is 0 Å². The van der Waals surface area contributed by atoms with Crippen LogP contribution in [-0.2, 0) is 4.74 Å². The summed E-state index contributed by atoms with van der Waals surface area (Å²) in [7, 11) is 0. The SMILES string of the molecule is C=CCN(C(=O)OC(C)(C)C)c1nnns1. The van der Waals surface area contributed by atoms with Gasteiger partial charge in [-0.15, -0.1) is 6.58 Å². The summed E-state index contributed by atoms with van der Waals surface area (Å²) in [4.78, 5) is 13.2. The number of aromatic nitrogens is 3. The zero-order chi connectivity index (χ0) is 12.2. The number of carbonyl (C=O) groups is 1. The minimum Gasteiger partial charge on any atom is -0.443 e. The Morgan fingerprint density at radius 1 is 1.62 bits per heavy atom. The van der Waals surface area contributed by atoms with Gasteiger partial charge in [0, 0.05) is 18.1 Å². The minimum atomic E-state index is -0.547. The number of amides is 1. The molecule has 1 rings (SSSR count). The largest absolute Gasteiger partial charge is 0.443 e. The Morgan fingerprint density at radius 3 is 2.75 bits per heavy atom. The summed E-state index contributed by atoms with van der Waals surface area (Å²) in [5.74, 6) is 0. The molecule has 0 aliphatic rings. The first-order valence-corrected chi connectivity index (χ1v) is 5.48. The summed E-state index contributed by atoms with van der Waals surface area (Å²) >= 11 is 1.03. The van der Waals surface area contributed by atoms with Gasteiger partial charge in [-0.1, -0.05) is 15.7 Å². The number of ether oxygens (including phenoxy) is 1. The first-order chi connectivity index (χ1) is 7.44. The normalized spacial score (nSPS) is 10.9. The van der Waals surface area contributed by atoms with Gasteiger partial charge in [-0.2, -0.15) is 0 Å². The Morgan fingerprint density at radius 2 is 2.31 bits per heavy atom. The lowest BCUT2D eigenvalue weighted by Gasteiger charge is -2.24. The van der Waals surface area contributed by atoms with Crippen LogP contribution in [0.2, 0.25) is 0 Å². The van der Waals surface area contributed by atoms with Crippen LogP contribution < -0.4 is 4.90 Å². The first-order valence-electron chi connectivity index (χ1n) is 4.70. The second kappa shape index (κ2) is 5.02. The fraction of sp³-hybridized carbons (Fsp3) is 0.556. The van der Waals surface area contributed by atoms with Crippen molar-refractivity contribution in [3.63, 3.8) is 0 Å². The predicted octanol–water partition coefficient (Wildman–Crippen LogP) is 1.86. The third-order valence-electron chi connectivity index (χ3n) is 1.45. The van der Waals surface area contributed by atoms with Crippen molar-refractivity contribution in [3.05, 3.63) is 12.7 Å². The van der Waals surface area contributed by atoms with E-state index in [2.05, 4.69) is 21.4 Å². The average Bonchev–Trinajstić information content (AvgIpc) is 2.63. The number of anilines is 1. The lowest BCUT2D eigenvalue weighted by molar-refractivity contribution is 0.0584. The highest BCUT2D eigenvalue weighted by atomic mass is 32.1. The molecule has 0 bridgehead atoms. The Kier molecular flexibility index (Phi) is 3.94. The van der Waals surface area contributed by atoms with E-state index in [1.54, 1.807) is 26.8 Å². The van der Waals surface area contributed by atoms with Crippen LogP contribution >= 0.6 is 11.5 Å². The average molecular weight is 242 g/mol. The summed E-state index contributed by atoms with van der Waals surface area (Å²) in [6.07, 6.45) is 1.11. The number of hydrogen-bond acceptors (Lipinski definition) is 6. The van der Waals surface area contributed by atoms with Gasteiger partial charge in [-0.3, -0.25) is 0 Å². The molecule has 1 aromatic heterocycles. The number of nitrogens with zero attached hydrogens (tertiary/aromatic N) is 4. The van der Waals surface area contributed by atoms with E-state index in [9.17, 15) is 4.79 Å². The highest BCUT2D eigenvalue weighted by molar-refractivity contribution is 7.09. The Labute approximate surface area is 98.1 Å². The molecule has 0 radical (unpaired) electrons. The highest BCUT2D eigenvalue weighted by Gasteiger charge is 2.24. The number of rotatable bonds is 3. The van der Waals surface area contributed by atoms with Crippen molar-refractivity contribution in [2.75, 3.05) is 11.4 Å². The molecule has 0 atom stereocenters. The van der Waals surface area contributed by atoms with Crippen molar-refractivity contribution in [2.24, 2.45) is 0 Å². The number of hydrogen-bond donors (Lipinski definition) is 0. The van der Waals surface area contributed by atoms with E-state index >= 15 is 0 Å². The van der Waals surface area contributed by atoms with Gasteiger partial charge in [0.25, 0.3) is 0 Å². The van der Waals surface area contributed by atoms with E-state index in [1.165, 1.54) is 4.90 Å². The van der Waals surface area contributed by atoms with Gasteiger partial charge in [-0.05, 0) is 26.0 Å². The molecule has 0 aliphatic carbocycles. The minimum absolute atomic E-state index is 0.311.